The van der Waals surface area contributed by atoms with Gasteiger partial charge in [0.2, 0.25) is 0 Å². The molecule has 0 radical (unpaired) electrons. The van der Waals surface area contributed by atoms with E-state index in [9.17, 15) is 0 Å². The third kappa shape index (κ3) is 4.19. The van der Waals surface area contributed by atoms with Crippen molar-refractivity contribution in [3.63, 3.8) is 0 Å². The Balaban J connectivity index is 1.51. The summed E-state index contributed by atoms with van der Waals surface area (Å²) in [6.45, 7) is 6.62. The highest BCUT2D eigenvalue weighted by molar-refractivity contribution is 5.89. The van der Waals surface area contributed by atoms with Crippen LogP contribution < -0.4 is 5.32 Å². The maximum absolute atomic E-state index is 8.99. The van der Waals surface area contributed by atoms with Crippen molar-refractivity contribution in [1.29, 1.82) is 10.7 Å². The predicted octanol–water partition coefficient (Wildman–Crippen LogP) is 7.26. The van der Waals surface area contributed by atoms with Gasteiger partial charge in [-0.3, -0.25) is 0 Å². The summed E-state index contributed by atoms with van der Waals surface area (Å²) < 4.78 is 0. The first-order valence-electron chi connectivity index (χ1n) is 11.2. The van der Waals surface area contributed by atoms with Crippen LogP contribution in [0.2, 0.25) is 0 Å². The average molecular weight is 398 g/mol. The number of nitriles is 1. The van der Waals surface area contributed by atoms with Crippen molar-refractivity contribution in [2.45, 2.75) is 57.8 Å². The van der Waals surface area contributed by atoms with E-state index in [-0.39, 0.29) is 0 Å². The molecule has 2 N–H and O–H groups in total. The molecule has 2 fully saturated rings. The third-order valence-electron chi connectivity index (χ3n) is 7.02. The van der Waals surface area contributed by atoms with E-state index in [4.69, 9.17) is 10.7 Å². The van der Waals surface area contributed by atoms with Crippen molar-refractivity contribution in [2.24, 2.45) is 11.8 Å². The van der Waals surface area contributed by atoms with Crippen LogP contribution in [-0.4, -0.2) is 5.71 Å². The highest BCUT2D eigenvalue weighted by Gasteiger charge is 2.35. The highest BCUT2D eigenvalue weighted by Crippen LogP contribution is 2.45. The highest BCUT2D eigenvalue weighted by atomic mass is 14.9. The van der Waals surface area contributed by atoms with E-state index in [0.29, 0.717) is 23.3 Å². The van der Waals surface area contributed by atoms with Crippen LogP contribution in [0.3, 0.4) is 0 Å². The number of nitrogens with zero attached hydrogens (tertiary/aromatic N) is 1. The molecule has 30 heavy (non-hydrogen) atoms. The molecular weight excluding hydrogens is 366 g/mol. The van der Waals surface area contributed by atoms with E-state index in [1.165, 1.54) is 48.8 Å². The lowest BCUT2D eigenvalue weighted by atomic mass is 9.66. The van der Waals surface area contributed by atoms with Crippen LogP contribution in [0.25, 0.3) is 0 Å². The van der Waals surface area contributed by atoms with Gasteiger partial charge in [0.05, 0.1) is 11.6 Å². The van der Waals surface area contributed by atoms with Crippen molar-refractivity contribution in [3.8, 4) is 6.07 Å². The first-order valence-corrected chi connectivity index (χ1v) is 11.2. The van der Waals surface area contributed by atoms with E-state index in [1.54, 1.807) is 0 Å². The normalized spacial score (nSPS) is 22.5. The molecular formula is C27H31N3. The fourth-order valence-electron chi connectivity index (χ4n) is 5.47. The molecule has 0 saturated heterocycles. The van der Waals surface area contributed by atoms with E-state index in [2.05, 4.69) is 43.1 Å². The summed E-state index contributed by atoms with van der Waals surface area (Å²) in [6, 6.07) is 16.1. The molecule has 2 atom stereocenters. The van der Waals surface area contributed by atoms with Crippen molar-refractivity contribution >= 4 is 17.1 Å². The van der Waals surface area contributed by atoms with Gasteiger partial charge >= 0.3 is 0 Å². The fourth-order valence-corrected chi connectivity index (χ4v) is 5.47. The SMILES string of the molecule is C=C1CC(c2cccc(Nc3ccc(C#N)cc3)c2C)CC(=N)C1C1CCCCC1. The number of hydrogen-bond acceptors (Lipinski definition) is 3. The summed E-state index contributed by atoms with van der Waals surface area (Å²) in [4.78, 5) is 0. The van der Waals surface area contributed by atoms with Crippen LogP contribution in [0.1, 0.15) is 67.6 Å². The lowest BCUT2D eigenvalue weighted by molar-refractivity contribution is 0.307. The van der Waals surface area contributed by atoms with Crippen LogP contribution >= 0.6 is 0 Å². The van der Waals surface area contributed by atoms with Gasteiger partial charge in [0, 0.05) is 23.0 Å². The van der Waals surface area contributed by atoms with Gasteiger partial charge in [0.25, 0.3) is 0 Å². The van der Waals surface area contributed by atoms with Crippen LogP contribution in [0.15, 0.2) is 54.6 Å². The van der Waals surface area contributed by atoms with Gasteiger partial charge in [-0.1, -0.05) is 43.5 Å². The summed E-state index contributed by atoms with van der Waals surface area (Å²) in [5.41, 5.74) is 7.46. The van der Waals surface area contributed by atoms with Gasteiger partial charge in [-0.25, -0.2) is 0 Å². The summed E-state index contributed by atoms with van der Waals surface area (Å²) in [7, 11) is 0. The maximum Gasteiger partial charge on any atom is 0.0991 e. The molecule has 2 unspecified atom stereocenters. The fraction of sp³-hybridized carbons (Fsp3) is 0.407. The minimum Gasteiger partial charge on any atom is -0.355 e. The molecule has 0 spiro atoms. The van der Waals surface area contributed by atoms with Gasteiger partial charge in [-0.2, -0.15) is 5.26 Å². The number of hydrogen-bond donors (Lipinski definition) is 2. The second-order valence-electron chi connectivity index (χ2n) is 9.00. The molecule has 3 nitrogen and oxygen atoms in total. The lowest BCUT2D eigenvalue weighted by Gasteiger charge is -2.38. The maximum atomic E-state index is 8.99. The molecule has 4 rings (SSSR count). The smallest absolute Gasteiger partial charge is 0.0991 e. The number of allylic oxidation sites excluding steroid dienone is 1. The molecule has 2 aliphatic rings. The number of benzene rings is 2. The molecule has 0 amide bonds. The summed E-state index contributed by atoms with van der Waals surface area (Å²) in [6.07, 6.45) is 8.34. The quantitative estimate of drug-likeness (QED) is 0.533. The molecule has 154 valence electrons. The van der Waals surface area contributed by atoms with Gasteiger partial charge in [0.15, 0.2) is 0 Å². The predicted molar refractivity (Wildman–Crippen MR) is 125 cm³/mol. The van der Waals surface area contributed by atoms with E-state index in [1.807, 2.05) is 24.3 Å². The van der Waals surface area contributed by atoms with E-state index < -0.39 is 0 Å². The Bertz CT molecular complexity index is 956. The number of anilines is 2. The number of rotatable bonds is 4. The molecule has 2 aromatic rings. The zero-order valence-corrected chi connectivity index (χ0v) is 17.9. The van der Waals surface area contributed by atoms with Crippen molar-refractivity contribution in [2.75, 3.05) is 5.32 Å². The zero-order valence-electron chi connectivity index (χ0n) is 17.9. The monoisotopic (exact) mass is 397 g/mol. The van der Waals surface area contributed by atoms with E-state index >= 15 is 0 Å². The Morgan fingerprint density at radius 1 is 1.03 bits per heavy atom. The van der Waals surface area contributed by atoms with Crippen molar-refractivity contribution in [1.82, 2.24) is 0 Å². The molecule has 3 heteroatoms. The summed E-state index contributed by atoms with van der Waals surface area (Å²) in [5.74, 6) is 1.29. The first kappa shape index (κ1) is 20.4. The van der Waals surface area contributed by atoms with Gasteiger partial charge in [-0.15, -0.1) is 0 Å². The van der Waals surface area contributed by atoms with E-state index in [0.717, 1.165) is 29.9 Å². The first-order chi connectivity index (χ1) is 14.6. The molecule has 2 aliphatic carbocycles. The Kier molecular flexibility index (Phi) is 6.04. The molecule has 0 aliphatic heterocycles. The molecule has 0 heterocycles. The minimum atomic E-state index is 0.307. The second kappa shape index (κ2) is 8.88. The van der Waals surface area contributed by atoms with Crippen molar-refractivity contribution < 1.29 is 0 Å². The van der Waals surface area contributed by atoms with Crippen LogP contribution in [-0.2, 0) is 0 Å². The molecule has 2 aromatic carbocycles. The van der Waals surface area contributed by atoms with Crippen LogP contribution in [0.4, 0.5) is 11.4 Å². The Hall–Kier alpha value is -2.86. The molecule has 0 bridgehead atoms. The van der Waals surface area contributed by atoms with Crippen molar-refractivity contribution in [3.05, 3.63) is 71.3 Å². The van der Waals surface area contributed by atoms with Crippen LogP contribution in [0.5, 0.6) is 0 Å². The van der Waals surface area contributed by atoms with Gasteiger partial charge in [-0.05, 0) is 85.9 Å². The summed E-state index contributed by atoms with van der Waals surface area (Å²) >= 11 is 0. The molecule has 2 saturated carbocycles. The van der Waals surface area contributed by atoms with Crippen LogP contribution in [0, 0.1) is 35.5 Å². The zero-order chi connectivity index (χ0) is 21.1. The van der Waals surface area contributed by atoms with Gasteiger partial charge in [0.1, 0.15) is 0 Å². The largest absolute Gasteiger partial charge is 0.355 e. The second-order valence-corrected chi connectivity index (χ2v) is 9.00. The number of nitrogens with one attached hydrogen (secondary N) is 2. The third-order valence-corrected chi connectivity index (χ3v) is 7.02. The minimum absolute atomic E-state index is 0.307. The Morgan fingerprint density at radius 2 is 1.77 bits per heavy atom. The standard InChI is InChI=1S/C27H31N3/c1-18-15-22(16-25(29)27(18)21-7-4-3-5-8-21)24-9-6-10-26(19(24)2)30-23-13-11-20(17-28)12-14-23/h6,9-14,21-22,27,29-30H,1,3-5,7-8,15-16H2,2H3. The average Bonchev–Trinajstić information content (AvgIpc) is 2.76. The summed E-state index contributed by atoms with van der Waals surface area (Å²) in [5, 5.41) is 21.3. The topological polar surface area (TPSA) is 59.7 Å². The molecule has 0 aromatic heterocycles. The Labute approximate surface area is 180 Å². The lowest BCUT2D eigenvalue weighted by Crippen LogP contribution is -2.32. The van der Waals surface area contributed by atoms with Gasteiger partial charge < -0.3 is 10.7 Å². The Morgan fingerprint density at radius 3 is 2.43 bits per heavy atom.